The molecule has 1 N–H and O–H groups in total. The third kappa shape index (κ3) is 4.06. The van der Waals surface area contributed by atoms with Gasteiger partial charge in [0, 0.05) is 43.1 Å². The molecule has 0 fully saturated rings. The minimum atomic E-state index is -3.69. The smallest absolute Gasteiger partial charge is 0.259 e. The van der Waals surface area contributed by atoms with Crippen molar-refractivity contribution in [2.45, 2.75) is 24.0 Å². The third-order valence-corrected chi connectivity index (χ3v) is 6.42. The first kappa shape index (κ1) is 19.0. The molecule has 1 aromatic heterocycles. The van der Waals surface area contributed by atoms with Crippen LogP contribution in [0.15, 0.2) is 66.1 Å². The Morgan fingerprint density at radius 1 is 1.21 bits per heavy atom. The Hall–Kier alpha value is -2.35. The molecule has 0 spiro atoms. The highest BCUT2D eigenvalue weighted by atomic mass is 35.5. The van der Waals surface area contributed by atoms with Crippen LogP contribution in [0.3, 0.4) is 0 Å². The number of benzene rings is 2. The van der Waals surface area contributed by atoms with Crippen molar-refractivity contribution < 1.29 is 8.42 Å². The van der Waals surface area contributed by atoms with Crippen molar-refractivity contribution in [1.29, 1.82) is 0 Å². The van der Waals surface area contributed by atoms with E-state index in [0.29, 0.717) is 24.5 Å². The predicted octanol–water partition coefficient (Wildman–Crippen LogP) is 2.98. The van der Waals surface area contributed by atoms with Crippen LogP contribution in [0.25, 0.3) is 0 Å². The van der Waals surface area contributed by atoms with Crippen molar-refractivity contribution in [3.8, 4) is 0 Å². The number of anilines is 1. The molecule has 8 heteroatoms. The lowest BCUT2D eigenvalue weighted by Crippen LogP contribution is -2.48. The van der Waals surface area contributed by atoms with E-state index in [9.17, 15) is 8.42 Å². The summed E-state index contributed by atoms with van der Waals surface area (Å²) in [7, 11) is -1.95. The van der Waals surface area contributed by atoms with Crippen LogP contribution >= 0.6 is 11.6 Å². The fraction of sp³-hybridized carbons (Fsp3) is 0.250. The van der Waals surface area contributed by atoms with Gasteiger partial charge in [0.2, 0.25) is 0 Å². The van der Waals surface area contributed by atoms with Gasteiger partial charge in [0.1, 0.15) is 0 Å². The molecular formula is C20H21ClN4O2S. The summed E-state index contributed by atoms with van der Waals surface area (Å²) in [5, 5.41) is 0.674. The van der Waals surface area contributed by atoms with E-state index < -0.39 is 10.0 Å². The summed E-state index contributed by atoms with van der Waals surface area (Å²) in [6, 6.07) is 15.6. The third-order valence-electron chi connectivity index (χ3n) is 4.78. The van der Waals surface area contributed by atoms with E-state index in [2.05, 4.69) is 26.7 Å². The molecule has 6 nitrogen and oxygen atoms in total. The SMILES string of the molecule is Cn1cnc(S(=O)(=O)NC2Cc3cc(Cl)ccc3N(Cc3ccccc3)C2)c1. The Labute approximate surface area is 169 Å². The second kappa shape index (κ2) is 7.58. The van der Waals surface area contributed by atoms with Gasteiger partial charge in [-0.15, -0.1) is 0 Å². The quantitative estimate of drug-likeness (QED) is 0.694. The van der Waals surface area contributed by atoms with Crippen molar-refractivity contribution in [1.82, 2.24) is 14.3 Å². The van der Waals surface area contributed by atoms with Crippen molar-refractivity contribution in [2.75, 3.05) is 11.4 Å². The maximum Gasteiger partial charge on any atom is 0.259 e. The molecule has 1 atom stereocenters. The van der Waals surface area contributed by atoms with Gasteiger partial charge in [0.15, 0.2) is 5.03 Å². The first-order chi connectivity index (χ1) is 13.4. The Bertz CT molecular complexity index is 1080. The summed E-state index contributed by atoms with van der Waals surface area (Å²) in [6.07, 6.45) is 3.55. The van der Waals surface area contributed by atoms with Crippen LogP contribution in [-0.2, 0) is 30.0 Å². The van der Waals surface area contributed by atoms with Gasteiger partial charge in [-0.1, -0.05) is 41.9 Å². The van der Waals surface area contributed by atoms with Gasteiger partial charge in [0.25, 0.3) is 10.0 Å². The largest absolute Gasteiger partial charge is 0.365 e. The summed E-state index contributed by atoms with van der Waals surface area (Å²) < 4.78 is 29.9. The Morgan fingerprint density at radius 2 is 2.00 bits per heavy atom. The number of aryl methyl sites for hydroxylation is 1. The molecule has 146 valence electrons. The maximum absolute atomic E-state index is 12.7. The number of sulfonamides is 1. The fourth-order valence-corrected chi connectivity index (χ4v) is 4.96. The first-order valence-corrected chi connectivity index (χ1v) is 10.8. The van der Waals surface area contributed by atoms with Crippen LogP contribution in [0.4, 0.5) is 5.69 Å². The molecule has 0 saturated heterocycles. The van der Waals surface area contributed by atoms with Crippen LogP contribution < -0.4 is 9.62 Å². The Morgan fingerprint density at radius 3 is 2.71 bits per heavy atom. The number of nitrogens with one attached hydrogen (secondary N) is 1. The van der Waals surface area contributed by atoms with Gasteiger partial charge in [-0.05, 0) is 35.7 Å². The van der Waals surface area contributed by atoms with E-state index >= 15 is 0 Å². The average molecular weight is 417 g/mol. The van der Waals surface area contributed by atoms with Crippen molar-refractivity contribution in [3.05, 3.63) is 77.2 Å². The van der Waals surface area contributed by atoms with Crippen LogP contribution in [0.5, 0.6) is 0 Å². The van der Waals surface area contributed by atoms with E-state index in [1.807, 2.05) is 36.4 Å². The van der Waals surface area contributed by atoms with Crippen LogP contribution in [0, 0.1) is 0 Å². The molecule has 0 radical (unpaired) electrons. The normalized spacial score (nSPS) is 16.8. The molecule has 1 unspecified atom stereocenters. The highest BCUT2D eigenvalue weighted by Gasteiger charge is 2.29. The van der Waals surface area contributed by atoms with E-state index in [1.54, 1.807) is 11.6 Å². The lowest BCUT2D eigenvalue weighted by Gasteiger charge is -2.36. The van der Waals surface area contributed by atoms with E-state index in [1.165, 1.54) is 12.5 Å². The molecule has 0 amide bonds. The number of rotatable bonds is 5. The molecule has 1 aliphatic heterocycles. The van der Waals surface area contributed by atoms with Gasteiger partial charge in [-0.3, -0.25) is 0 Å². The molecule has 0 aliphatic carbocycles. The zero-order valence-corrected chi connectivity index (χ0v) is 17.0. The second-order valence-corrected chi connectivity index (χ2v) is 9.14. The van der Waals surface area contributed by atoms with Crippen molar-refractivity contribution in [2.24, 2.45) is 7.05 Å². The number of hydrogen-bond donors (Lipinski definition) is 1. The Balaban J connectivity index is 1.61. The zero-order chi connectivity index (χ0) is 19.7. The maximum atomic E-state index is 12.7. The monoisotopic (exact) mass is 416 g/mol. The molecule has 28 heavy (non-hydrogen) atoms. The molecule has 0 saturated carbocycles. The number of aromatic nitrogens is 2. The van der Waals surface area contributed by atoms with Crippen LogP contribution in [0.1, 0.15) is 11.1 Å². The molecule has 2 aromatic carbocycles. The van der Waals surface area contributed by atoms with Crippen LogP contribution in [0.2, 0.25) is 5.02 Å². The summed E-state index contributed by atoms with van der Waals surface area (Å²) >= 11 is 6.19. The summed E-state index contributed by atoms with van der Waals surface area (Å²) in [4.78, 5) is 6.17. The van der Waals surface area contributed by atoms with Crippen molar-refractivity contribution >= 4 is 27.3 Å². The minimum absolute atomic E-state index is 0.0292. The number of imidazole rings is 1. The lowest BCUT2D eigenvalue weighted by atomic mass is 9.98. The van der Waals surface area contributed by atoms with E-state index in [-0.39, 0.29) is 11.1 Å². The fourth-order valence-electron chi connectivity index (χ4n) is 3.56. The van der Waals surface area contributed by atoms with Gasteiger partial charge in [-0.2, -0.15) is 0 Å². The summed E-state index contributed by atoms with van der Waals surface area (Å²) in [5.41, 5.74) is 3.28. The highest BCUT2D eigenvalue weighted by Crippen LogP contribution is 2.31. The van der Waals surface area contributed by atoms with Crippen LogP contribution in [-0.4, -0.2) is 30.6 Å². The molecular weight excluding hydrogens is 396 g/mol. The number of fused-ring (bicyclic) bond motifs is 1. The number of nitrogens with zero attached hydrogens (tertiary/aromatic N) is 3. The molecule has 1 aliphatic rings. The highest BCUT2D eigenvalue weighted by molar-refractivity contribution is 7.89. The van der Waals surface area contributed by atoms with E-state index in [4.69, 9.17) is 11.6 Å². The van der Waals surface area contributed by atoms with E-state index in [0.717, 1.165) is 16.8 Å². The van der Waals surface area contributed by atoms with Gasteiger partial charge in [0.05, 0.1) is 6.33 Å². The molecule has 4 rings (SSSR count). The predicted molar refractivity (Wildman–Crippen MR) is 110 cm³/mol. The average Bonchev–Trinajstić information content (AvgIpc) is 3.09. The Kier molecular flexibility index (Phi) is 5.14. The second-order valence-electron chi connectivity index (χ2n) is 7.04. The molecule has 2 heterocycles. The molecule has 0 bridgehead atoms. The standard InChI is InChI=1S/C20H21ClN4O2S/c1-24-13-20(22-14-24)28(26,27)23-18-10-16-9-17(21)7-8-19(16)25(12-18)11-15-5-3-2-4-6-15/h2-9,13-14,18,23H,10-12H2,1H3. The number of hydrogen-bond acceptors (Lipinski definition) is 4. The molecule has 3 aromatic rings. The lowest BCUT2D eigenvalue weighted by molar-refractivity contribution is 0.522. The number of halogens is 1. The zero-order valence-electron chi connectivity index (χ0n) is 15.4. The van der Waals surface area contributed by atoms with Gasteiger partial charge < -0.3 is 9.47 Å². The summed E-state index contributed by atoms with van der Waals surface area (Å²) in [5.74, 6) is 0. The summed E-state index contributed by atoms with van der Waals surface area (Å²) in [6.45, 7) is 1.26. The first-order valence-electron chi connectivity index (χ1n) is 8.98. The topological polar surface area (TPSA) is 67.2 Å². The van der Waals surface area contributed by atoms with Crippen molar-refractivity contribution in [3.63, 3.8) is 0 Å². The minimum Gasteiger partial charge on any atom is -0.365 e. The van der Waals surface area contributed by atoms with Gasteiger partial charge >= 0.3 is 0 Å². The van der Waals surface area contributed by atoms with Gasteiger partial charge in [-0.25, -0.2) is 18.1 Å².